The van der Waals surface area contributed by atoms with Crippen LogP contribution in [0.4, 0.5) is 0 Å². The normalized spacial score (nSPS) is 12.1. The molecular weight excluding hydrogens is 322 g/mol. The number of methoxy groups -OCH3 is 1. The van der Waals surface area contributed by atoms with Crippen LogP contribution in [0.5, 0.6) is 5.75 Å². The van der Waals surface area contributed by atoms with Gasteiger partial charge in [-0.05, 0) is 47.5 Å². The van der Waals surface area contributed by atoms with E-state index in [0.717, 1.165) is 39.0 Å². The zero-order valence-corrected chi connectivity index (χ0v) is 14.5. The van der Waals surface area contributed by atoms with Gasteiger partial charge in [0, 0.05) is 10.9 Å². The molecule has 4 rings (SSSR count). The first-order valence-corrected chi connectivity index (χ1v) is 8.53. The molecule has 0 aliphatic heterocycles. The fourth-order valence-corrected chi connectivity index (χ4v) is 3.15. The molecule has 0 amide bonds. The maximum atomic E-state index is 11.0. The Bertz CT molecular complexity index is 1030. The molecule has 128 valence electrons. The summed E-state index contributed by atoms with van der Waals surface area (Å²) in [6, 6.07) is 27.4. The van der Waals surface area contributed by atoms with E-state index in [1.165, 1.54) is 0 Å². The number of aliphatic hydroxyl groups excluding tert-OH is 1. The van der Waals surface area contributed by atoms with Gasteiger partial charge in [0.2, 0.25) is 0 Å². The lowest BCUT2D eigenvalue weighted by Gasteiger charge is -2.16. The molecule has 1 heterocycles. The molecule has 0 aliphatic rings. The number of benzene rings is 3. The summed E-state index contributed by atoms with van der Waals surface area (Å²) in [5.41, 5.74) is 4.40. The van der Waals surface area contributed by atoms with Crippen molar-refractivity contribution in [3.8, 4) is 17.0 Å². The predicted molar refractivity (Wildman–Crippen MR) is 104 cm³/mol. The molecule has 4 aromatic rings. The molecule has 0 radical (unpaired) electrons. The summed E-state index contributed by atoms with van der Waals surface area (Å²) >= 11 is 0. The SMILES string of the molecule is COc1ccc(-c2cc(C(O)c3ccccc3)c3ccccc3n2)cc1. The van der Waals surface area contributed by atoms with Gasteiger partial charge in [-0.25, -0.2) is 4.98 Å². The second kappa shape index (κ2) is 6.98. The van der Waals surface area contributed by atoms with Gasteiger partial charge in [0.1, 0.15) is 11.9 Å². The lowest BCUT2D eigenvalue weighted by atomic mass is 9.96. The number of fused-ring (bicyclic) bond motifs is 1. The number of pyridine rings is 1. The Hall–Kier alpha value is -3.17. The second-order valence-electron chi connectivity index (χ2n) is 6.16. The first-order valence-electron chi connectivity index (χ1n) is 8.53. The highest BCUT2D eigenvalue weighted by Gasteiger charge is 2.16. The van der Waals surface area contributed by atoms with E-state index in [2.05, 4.69) is 0 Å². The molecule has 1 atom stereocenters. The minimum atomic E-state index is -0.707. The summed E-state index contributed by atoms with van der Waals surface area (Å²) in [5.74, 6) is 0.805. The standard InChI is InChI=1S/C23H19NO2/c1-26-18-13-11-16(12-14-18)22-15-20(19-9-5-6-10-21(19)24-22)23(25)17-7-3-2-4-8-17/h2-15,23,25H,1H3. The average molecular weight is 341 g/mol. The van der Waals surface area contributed by atoms with Crippen LogP contribution in [0.3, 0.4) is 0 Å². The molecule has 0 saturated heterocycles. The zero-order valence-electron chi connectivity index (χ0n) is 14.5. The van der Waals surface area contributed by atoms with Crippen molar-refractivity contribution in [2.24, 2.45) is 0 Å². The molecule has 26 heavy (non-hydrogen) atoms. The summed E-state index contributed by atoms with van der Waals surface area (Å²) < 4.78 is 5.23. The van der Waals surface area contributed by atoms with E-state index in [-0.39, 0.29) is 0 Å². The van der Waals surface area contributed by atoms with Crippen molar-refractivity contribution in [1.82, 2.24) is 4.98 Å². The topological polar surface area (TPSA) is 42.4 Å². The molecule has 0 aliphatic carbocycles. The number of rotatable bonds is 4. The van der Waals surface area contributed by atoms with Crippen LogP contribution in [-0.2, 0) is 0 Å². The Balaban J connectivity index is 1.88. The van der Waals surface area contributed by atoms with Crippen molar-refractivity contribution in [2.75, 3.05) is 7.11 Å². The van der Waals surface area contributed by atoms with E-state index in [1.54, 1.807) is 7.11 Å². The van der Waals surface area contributed by atoms with E-state index in [4.69, 9.17) is 9.72 Å². The monoisotopic (exact) mass is 341 g/mol. The van der Waals surface area contributed by atoms with Gasteiger partial charge in [-0.2, -0.15) is 0 Å². The van der Waals surface area contributed by atoms with Crippen molar-refractivity contribution in [1.29, 1.82) is 0 Å². The fraction of sp³-hybridized carbons (Fsp3) is 0.0870. The molecule has 0 fully saturated rings. The third-order valence-corrected chi connectivity index (χ3v) is 4.54. The summed E-state index contributed by atoms with van der Waals surface area (Å²) in [6.45, 7) is 0. The summed E-state index contributed by atoms with van der Waals surface area (Å²) in [7, 11) is 1.65. The van der Waals surface area contributed by atoms with Gasteiger partial charge in [-0.3, -0.25) is 0 Å². The van der Waals surface area contributed by atoms with Crippen LogP contribution in [0.1, 0.15) is 17.2 Å². The largest absolute Gasteiger partial charge is 0.497 e. The Morgan fingerprint density at radius 2 is 1.54 bits per heavy atom. The van der Waals surface area contributed by atoms with Gasteiger partial charge in [0.05, 0.1) is 18.3 Å². The predicted octanol–water partition coefficient (Wildman–Crippen LogP) is 4.99. The minimum absolute atomic E-state index is 0.707. The number of aromatic nitrogens is 1. The lowest BCUT2D eigenvalue weighted by Crippen LogP contribution is -2.02. The smallest absolute Gasteiger partial charge is 0.118 e. The van der Waals surface area contributed by atoms with Crippen LogP contribution < -0.4 is 4.74 Å². The number of ether oxygens (including phenoxy) is 1. The quantitative estimate of drug-likeness (QED) is 0.568. The fourth-order valence-electron chi connectivity index (χ4n) is 3.15. The third-order valence-electron chi connectivity index (χ3n) is 4.54. The van der Waals surface area contributed by atoms with Crippen LogP contribution in [-0.4, -0.2) is 17.2 Å². The number of hydrogen-bond donors (Lipinski definition) is 1. The van der Waals surface area contributed by atoms with Gasteiger partial charge in [0.15, 0.2) is 0 Å². The van der Waals surface area contributed by atoms with Crippen LogP contribution >= 0.6 is 0 Å². The minimum Gasteiger partial charge on any atom is -0.497 e. The summed E-state index contributed by atoms with van der Waals surface area (Å²) in [5, 5.41) is 12.0. The molecule has 3 nitrogen and oxygen atoms in total. The Morgan fingerprint density at radius 1 is 0.846 bits per heavy atom. The van der Waals surface area contributed by atoms with Crippen molar-refractivity contribution < 1.29 is 9.84 Å². The van der Waals surface area contributed by atoms with Crippen LogP contribution in [0, 0.1) is 0 Å². The van der Waals surface area contributed by atoms with Gasteiger partial charge in [-0.15, -0.1) is 0 Å². The van der Waals surface area contributed by atoms with Crippen molar-refractivity contribution >= 4 is 10.9 Å². The number of hydrogen-bond acceptors (Lipinski definition) is 3. The molecular formula is C23H19NO2. The van der Waals surface area contributed by atoms with Crippen LogP contribution in [0.15, 0.2) is 84.9 Å². The maximum Gasteiger partial charge on any atom is 0.118 e. The number of aliphatic hydroxyl groups is 1. The summed E-state index contributed by atoms with van der Waals surface area (Å²) in [6.07, 6.45) is -0.707. The van der Waals surface area contributed by atoms with Gasteiger partial charge < -0.3 is 9.84 Å². The Labute approximate surface area is 152 Å². The van der Waals surface area contributed by atoms with E-state index in [0.29, 0.717) is 0 Å². The van der Waals surface area contributed by atoms with Crippen molar-refractivity contribution in [3.63, 3.8) is 0 Å². The average Bonchev–Trinajstić information content (AvgIpc) is 2.73. The summed E-state index contributed by atoms with van der Waals surface area (Å²) in [4.78, 5) is 4.79. The first kappa shape index (κ1) is 16.3. The van der Waals surface area contributed by atoms with Gasteiger partial charge in [-0.1, -0.05) is 48.5 Å². The third kappa shape index (κ3) is 3.05. The van der Waals surface area contributed by atoms with Gasteiger partial charge >= 0.3 is 0 Å². The van der Waals surface area contributed by atoms with Crippen molar-refractivity contribution in [2.45, 2.75) is 6.10 Å². The van der Waals surface area contributed by atoms with E-state index in [9.17, 15) is 5.11 Å². The molecule has 3 heteroatoms. The molecule has 0 bridgehead atoms. The van der Waals surface area contributed by atoms with E-state index >= 15 is 0 Å². The highest BCUT2D eigenvalue weighted by molar-refractivity contribution is 5.86. The number of nitrogens with zero attached hydrogens (tertiary/aromatic N) is 1. The maximum absolute atomic E-state index is 11.0. The number of para-hydroxylation sites is 1. The van der Waals surface area contributed by atoms with Gasteiger partial charge in [0.25, 0.3) is 0 Å². The van der Waals surface area contributed by atoms with Crippen LogP contribution in [0.25, 0.3) is 22.2 Å². The lowest BCUT2D eigenvalue weighted by molar-refractivity contribution is 0.222. The molecule has 1 N–H and O–H groups in total. The second-order valence-corrected chi connectivity index (χ2v) is 6.16. The Morgan fingerprint density at radius 3 is 2.27 bits per heavy atom. The first-order chi connectivity index (χ1) is 12.8. The Kier molecular flexibility index (Phi) is 4.38. The molecule has 0 saturated carbocycles. The zero-order chi connectivity index (χ0) is 17.9. The van der Waals surface area contributed by atoms with E-state index in [1.807, 2.05) is 84.9 Å². The molecule has 3 aromatic carbocycles. The van der Waals surface area contributed by atoms with Crippen molar-refractivity contribution in [3.05, 3.63) is 96.1 Å². The van der Waals surface area contributed by atoms with E-state index < -0.39 is 6.10 Å². The molecule has 1 unspecified atom stereocenters. The highest BCUT2D eigenvalue weighted by Crippen LogP contribution is 2.32. The molecule has 0 spiro atoms. The van der Waals surface area contributed by atoms with Crippen LogP contribution in [0.2, 0.25) is 0 Å². The molecule has 1 aromatic heterocycles. The highest BCUT2D eigenvalue weighted by atomic mass is 16.5.